The topological polar surface area (TPSA) is 131 Å². The lowest BCUT2D eigenvalue weighted by molar-refractivity contribution is 0.333. The van der Waals surface area contributed by atoms with Crippen LogP contribution in [0.2, 0.25) is 0 Å². The zero-order valence-electron chi connectivity index (χ0n) is 12.7. The Labute approximate surface area is 130 Å². The number of hydrogen-bond acceptors (Lipinski definition) is 7. The summed E-state index contributed by atoms with van der Waals surface area (Å²) in [4.78, 5) is 27.6. The number of hydrogen-bond donors (Lipinski definition) is 3. The van der Waals surface area contributed by atoms with Crippen LogP contribution in [-0.4, -0.2) is 20.2 Å². The van der Waals surface area contributed by atoms with Gasteiger partial charge >= 0.3 is 5.69 Å². The van der Waals surface area contributed by atoms with E-state index in [0.29, 0.717) is 28.1 Å². The largest absolute Gasteiger partial charge is 0.414 e. The molecule has 22 heavy (non-hydrogen) atoms. The van der Waals surface area contributed by atoms with Crippen LogP contribution in [0.5, 0.6) is 0 Å². The maximum Gasteiger partial charge on any atom is 0.325 e. The van der Waals surface area contributed by atoms with E-state index in [1.54, 1.807) is 6.92 Å². The maximum atomic E-state index is 11.7. The summed E-state index contributed by atoms with van der Waals surface area (Å²) >= 11 is 1.23. The summed E-state index contributed by atoms with van der Waals surface area (Å²) in [6, 6.07) is -0.301. The Balaban J connectivity index is 2.09. The molecule has 0 fully saturated rings. The molecule has 0 spiro atoms. The number of nitrogens with two attached hydrogens (primary N) is 1. The highest BCUT2D eigenvalue weighted by Crippen LogP contribution is 2.25. The van der Waals surface area contributed by atoms with Gasteiger partial charge < -0.3 is 15.1 Å². The minimum absolute atomic E-state index is 0.239. The van der Waals surface area contributed by atoms with Crippen molar-refractivity contribution in [1.82, 2.24) is 20.2 Å². The standard InChI is InChI=1S/C13H19N5O3S/c1-4-6(2)9(14)11-17-18-13(21-11)22-5-8-7(3)15-12(20)16-10(8)19/h6,9H,4-5,14H2,1-3H3,(H2,15,16,19,20). The van der Waals surface area contributed by atoms with E-state index in [9.17, 15) is 9.59 Å². The number of H-pyrrole nitrogens is 2. The van der Waals surface area contributed by atoms with Crippen molar-refractivity contribution >= 4 is 11.8 Å². The summed E-state index contributed by atoms with van der Waals surface area (Å²) in [5, 5.41) is 8.22. The Morgan fingerprint density at radius 2 is 2.05 bits per heavy atom. The van der Waals surface area contributed by atoms with E-state index in [4.69, 9.17) is 10.2 Å². The molecule has 2 atom stereocenters. The quantitative estimate of drug-likeness (QED) is 0.677. The van der Waals surface area contributed by atoms with Crippen LogP contribution < -0.4 is 17.0 Å². The van der Waals surface area contributed by atoms with Crippen molar-refractivity contribution in [3.63, 3.8) is 0 Å². The SMILES string of the molecule is CCC(C)C(N)c1nnc(SCc2c(C)[nH]c(=O)[nH]c2=O)o1. The summed E-state index contributed by atoms with van der Waals surface area (Å²) < 4.78 is 5.53. The highest BCUT2D eigenvalue weighted by atomic mass is 32.2. The molecule has 0 aliphatic heterocycles. The molecule has 0 bridgehead atoms. The molecule has 0 aromatic carbocycles. The Morgan fingerprint density at radius 1 is 1.32 bits per heavy atom. The van der Waals surface area contributed by atoms with E-state index in [0.717, 1.165) is 6.42 Å². The van der Waals surface area contributed by atoms with Gasteiger partial charge in [0.25, 0.3) is 10.8 Å². The fourth-order valence-electron chi connectivity index (χ4n) is 1.84. The van der Waals surface area contributed by atoms with Gasteiger partial charge in [0, 0.05) is 17.0 Å². The molecule has 0 saturated heterocycles. The van der Waals surface area contributed by atoms with Gasteiger partial charge in [0.15, 0.2) is 0 Å². The first-order chi connectivity index (χ1) is 10.4. The van der Waals surface area contributed by atoms with Crippen molar-refractivity contribution in [3.8, 4) is 0 Å². The van der Waals surface area contributed by atoms with Gasteiger partial charge in [0.05, 0.1) is 6.04 Å². The van der Waals surface area contributed by atoms with Crippen molar-refractivity contribution in [2.45, 2.75) is 44.2 Å². The van der Waals surface area contributed by atoms with Crippen LogP contribution in [0, 0.1) is 12.8 Å². The Bertz CT molecular complexity index is 751. The molecule has 2 aromatic rings. The number of nitrogens with one attached hydrogen (secondary N) is 2. The smallest absolute Gasteiger partial charge is 0.325 e. The summed E-state index contributed by atoms with van der Waals surface area (Å²) in [7, 11) is 0. The van der Waals surface area contributed by atoms with Crippen LogP contribution >= 0.6 is 11.8 Å². The summed E-state index contributed by atoms with van der Waals surface area (Å²) in [5.41, 5.74) is 6.10. The van der Waals surface area contributed by atoms with Crippen molar-refractivity contribution in [1.29, 1.82) is 0 Å². The predicted octanol–water partition coefficient (Wildman–Crippen LogP) is 1.09. The first-order valence-corrected chi connectivity index (χ1v) is 7.94. The molecule has 4 N–H and O–H groups in total. The van der Waals surface area contributed by atoms with Crippen LogP contribution in [0.25, 0.3) is 0 Å². The Morgan fingerprint density at radius 3 is 2.68 bits per heavy atom. The van der Waals surface area contributed by atoms with E-state index in [2.05, 4.69) is 20.2 Å². The zero-order valence-corrected chi connectivity index (χ0v) is 13.5. The van der Waals surface area contributed by atoms with Gasteiger partial charge in [-0.05, 0) is 12.8 Å². The molecule has 2 heterocycles. The van der Waals surface area contributed by atoms with Gasteiger partial charge in [-0.2, -0.15) is 0 Å². The average molecular weight is 325 g/mol. The Kier molecular flexibility index (Phi) is 5.19. The minimum atomic E-state index is -0.518. The molecule has 0 aliphatic rings. The van der Waals surface area contributed by atoms with Crippen LogP contribution in [0.1, 0.15) is 43.5 Å². The summed E-state index contributed by atoms with van der Waals surface area (Å²) in [6.07, 6.45) is 0.915. The number of aromatic amines is 2. The Hall–Kier alpha value is -1.87. The van der Waals surface area contributed by atoms with Crippen molar-refractivity contribution in [3.05, 3.63) is 38.0 Å². The van der Waals surface area contributed by atoms with Gasteiger partial charge in [0.2, 0.25) is 5.89 Å². The molecule has 0 aliphatic carbocycles. The molecule has 2 rings (SSSR count). The van der Waals surface area contributed by atoms with E-state index in [1.807, 2.05) is 13.8 Å². The van der Waals surface area contributed by atoms with Crippen molar-refractivity contribution in [2.24, 2.45) is 11.7 Å². The van der Waals surface area contributed by atoms with Crippen LogP contribution in [-0.2, 0) is 5.75 Å². The van der Waals surface area contributed by atoms with Gasteiger partial charge in [-0.1, -0.05) is 32.0 Å². The first kappa shape index (κ1) is 16.5. The number of thioether (sulfide) groups is 1. The fourth-order valence-corrected chi connectivity index (χ4v) is 2.70. The molecule has 8 nitrogen and oxygen atoms in total. The third kappa shape index (κ3) is 3.66. The molecule has 0 saturated carbocycles. The number of rotatable bonds is 6. The second kappa shape index (κ2) is 6.93. The molecule has 0 radical (unpaired) electrons. The monoisotopic (exact) mass is 325 g/mol. The molecule has 2 aromatic heterocycles. The minimum Gasteiger partial charge on any atom is -0.414 e. The highest BCUT2D eigenvalue weighted by Gasteiger charge is 2.20. The molecule has 120 valence electrons. The lowest BCUT2D eigenvalue weighted by Crippen LogP contribution is -2.26. The molecular weight excluding hydrogens is 306 g/mol. The lowest BCUT2D eigenvalue weighted by Gasteiger charge is -2.13. The number of aromatic nitrogens is 4. The summed E-state index contributed by atoms with van der Waals surface area (Å²) in [6.45, 7) is 5.73. The molecule has 2 unspecified atom stereocenters. The highest BCUT2D eigenvalue weighted by molar-refractivity contribution is 7.98. The molecular formula is C13H19N5O3S. The van der Waals surface area contributed by atoms with Crippen LogP contribution in [0.15, 0.2) is 19.2 Å². The van der Waals surface area contributed by atoms with Crippen molar-refractivity contribution < 1.29 is 4.42 Å². The molecule has 9 heteroatoms. The number of aryl methyl sites for hydroxylation is 1. The second-order valence-electron chi connectivity index (χ2n) is 5.12. The van der Waals surface area contributed by atoms with Crippen molar-refractivity contribution in [2.75, 3.05) is 0 Å². The summed E-state index contributed by atoms with van der Waals surface area (Å²) in [5.74, 6) is 0.949. The van der Waals surface area contributed by atoms with E-state index < -0.39 is 11.2 Å². The van der Waals surface area contributed by atoms with E-state index in [1.165, 1.54) is 11.8 Å². The van der Waals surface area contributed by atoms with Gasteiger partial charge in [-0.25, -0.2) is 4.79 Å². The number of nitrogens with zero attached hydrogens (tertiary/aromatic N) is 2. The third-order valence-electron chi connectivity index (χ3n) is 3.56. The van der Waals surface area contributed by atoms with E-state index in [-0.39, 0.29) is 12.0 Å². The maximum absolute atomic E-state index is 11.7. The third-order valence-corrected chi connectivity index (χ3v) is 4.40. The lowest BCUT2D eigenvalue weighted by atomic mass is 10.0. The van der Waals surface area contributed by atoms with Crippen LogP contribution in [0.4, 0.5) is 0 Å². The van der Waals surface area contributed by atoms with Gasteiger partial charge in [0.1, 0.15) is 0 Å². The van der Waals surface area contributed by atoms with E-state index >= 15 is 0 Å². The normalized spacial score (nSPS) is 14.0. The molecule has 0 amide bonds. The fraction of sp³-hybridized carbons (Fsp3) is 0.538. The van der Waals surface area contributed by atoms with Crippen LogP contribution in [0.3, 0.4) is 0 Å². The average Bonchev–Trinajstić information content (AvgIpc) is 2.93. The second-order valence-corrected chi connectivity index (χ2v) is 6.04. The first-order valence-electron chi connectivity index (χ1n) is 6.96. The van der Waals surface area contributed by atoms with Gasteiger partial charge in [-0.3, -0.25) is 9.78 Å². The predicted molar refractivity (Wildman–Crippen MR) is 82.7 cm³/mol. The zero-order chi connectivity index (χ0) is 16.3. The van der Waals surface area contributed by atoms with Gasteiger partial charge in [-0.15, -0.1) is 10.2 Å².